The molecular weight excluding hydrogens is 275 g/mol. The van der Waals surface area contributed by atoms with Gasteiger partial charge in [-0.2, -0.15) is 12.6 Å². The van der Waals surface area contributed by atoms with Gasteiger partial charge in [-0.05, 0) is 36.8 Å². The Morgan fingerprint density at radius 3 is 2.06 bits per heavy atom. The van der Waals surface area contributed by atoms with E-state index in [-0.39, 0.29) is 5.41 Å². The molecule has 0 N–H and O–H groups in total. The van der Waals surface area contributed by atoms with Crippen molar-refractivity contribution >= 4 is 35.8 Å². The molecule has 96 valence electrons. The summed E-state index contributed by atoms with van der Waals surface area (Å²) >= 11 is 16.3. The van der Waals surface area contributed by atoms with Gasteiger partial charge in [0.1, 0.15) is 5.75 Å². The third-order valence-electron chi connectivity index (χ3n) is 3.22. The van der Waals surface area contributed by atoms with Crippen LogP contribution >= 0.6 is 35.8 Å². The van der Waals surface area contributed by atoms with E-state index in [1.54, 1.807) is 18.2 Å². The molecule has 0 unspecified atom stereocenters. The summed E-state index contributed by atoms with van der Waals surface area (Å²) in [5, 5.41) is 1.19. The van der Waals surface area contributed by atoms with Crippen LogP contribution in [0.4, 0.5) is 0 Å². The summed E-state index contributed by atoms with van der Waals surface area (Å²) in [7, 11) is 0. The van der Waals surface area contributed by atoms with Crippen molar-refractivity contribution in [1.82, 2.24) is 0 Å². The van der Waals surface area contributed by atoms with Gasteiger partial charge in [0.25, 0.3) is 0 Å². The number of halogens is 2. The topological polar surface area (TPSA) is 9.23 Å². The van der Waals surface area contributed by atoms with Crippen LogP contribution in [0, 0.1) is 5.41 Å². The molecule has 0 saturated heterocycles. The molecule has 1 aromatic carbocycles. The summed E-state index contributed by atoms with van der Waals surface area (Å²) in [5.41, 5.74) is 0.123. The van der Waals surface area contributed by atoms with E-state index in [0.717, 1.165) is 24.3 Å². The first-order chi connectivity index (χ1) is 8.05. The van der Waals surface area contributed by atoms with Gasteiger partial charge in [0, 0.05) is 15.5 Å². The van der Waals surface area contributed by atoms with Crippen LogP contribution in [-0.4, -0.2) is 12.4 Å². The molecule has 0 spiro atoms. The molecule has 0 atom stereocenters. The molecule has 0 aliphatic carbocycles. The summed E-state index contributed by atoms with van der Waals surface area (Å²) < 4.78 is 5.79. The van der Waals surface area contributed by atoms with Crippen LogP contribution in [0.5, 0.6) is 5.75 Å². The molecule has 0 saturated carbocycles. The van der Waals surface area contributed by atoms with Crippen LogP contribution in [0.3, 0.4) is 0 Å². The van der Waals surface area contributed by atoms with Gasteiger partial charge in [-0.1, -0.05) is 37.0 Å². The smallest absolute Gasteiger partial charge is 0.122 e. The third kappa shape index (κ3) is 4.27. The molecule has 1 rings (SSSR count). The largest absolute Gasteiger partial charge is 0.493 e. The van der Waals surface area contributed by atoms with Crippen molar-refractivity contribution in [1.29, 1.82) is 0 Å². The molecule has 0 aliphatic heterocycles. The van der Waals surface area contributed by atoms with Gasteiger partial charge in [-0.3, -0.25) is 0 Å². The lowest BCUT2D eigenvalue weighted by atomic mass is 9.85. The third-order valence-corrected chi connectivity index (χ3v) is 4.32. The lowest BCUT2D eigenvalue weighted by Crippen LogP contribution is -2.29. The minimum Gasteiger partial charge on any atom is -0.493 e. The predicted molar refractivity (Wildman–Crippen MR) is 78.8 cm³/mol. The molecule has 17 heavy (non-hydrogen) atoms. The van der Waals surface area contributed by atoms with Gasteiger partial charge >= 0.3 is 0 Å². The SMILES string of the molecule is CCC(CC)(CS)COc1cc(Cl)cc(Cl)c1. The van der Waals surface area contributed by atoms with Crippen LogP contribution in [0.2, 0.25) is 10.0 Å². The zero-order chi connectivity index (χ0) is 12.9. The second-order valence-corrected chi connectivity index (χ2v) is 5.45. The van der Waals surface area contributed by atoms with Crippen LogP contribution < -0.4 is 4.74 Å². The van der Waals surface area contributed by atoms with E-state index in [1.807, 2.05) is 0 Å². The standard InChI is InChI=1S/C13H18Cl2OS/c1-3-13(4-2,9-17)8-16-12-6-10(14)5-11(15)7-12/h5-7,17H,3-4,8-9H2,1-2H3. The van der Waals surface area contributed by atoms with Crippen molar-refractivity contribution in [2.24, 2.45) is 5.41 Å². The van der Waals surface area contributed by atoms with E-state index in [9.17, 15) is 0 Å². The van der Waals surface area contributed by atoms with Gasteiger partial charge in [-0.15, -0.1) is 0 Å². The van der Waals surface area contributed by atoms with E-state index in [2.05, 4.69) is 26.5 Å². The molecule has 0 amide bonds. The molecule has 0 aromatic heterocycles. The lowest BCUT2D eigenvalue weighted by Gasteiger charge is -2.29. The normalized spacial score (nSPS) is 11.6. The van der Waals surface area contributed by atoms with Crippen molar-refractivity contribution in [3.8, 4) is 5.75 Å². The van der Waals surface area contributed by atoms with Gasteiger partial charge in [0.05, 0.1) is 6.61 Å². The number of hydrogen-bond acceptors (Lipinski definition) is 2. The Morgan fingerprint density at radius 1 is 1.12 bits per heavy atom. The Balaban J connectivity index is 2.71. The van der Waals surface area contributed by atoms with Crippen LogP contribution in [0.15, 0.2) is 18.2 Å². The number of benzene rings is 1. The summed E-state index contributed by atoms with van der Waals surface area (Å²) in [5.74, 6) is 1.53. The first kappa shape index (κ1) is 15.0. The van der Waals surface area contributed by atoms with Gasteiger partial charge in [-0.25, -0.2) is 0 Å². The fourth-order valence-electron chi connectivity index (χ4n) is 1.57. The summed E-state index contributed by atoms with van der Waals surface area (Å²) in [6.45, 7) is 4.96. The Labute approximate surface area is 119 Å². The second-order valence-electron chi connectivity index (χ2n) is 4.26. The van der Waals surface area contributed by atoms with Crippen molar-refractivity contribution in [3.63, 3.8) is 0 Å². The maximum Gasteiger partial charge on any atom is 0.122 e. The highest BCUT2D eigenvalue weighted by Crippen LogP contribution is 2.30. The molecule has 1 aromatic rings. The first-order valence-electron chi connectivity index (χ1n) is 5.75. The number of rotatable bonds is 6. The molecule has 0 aliphatic rings. The second kappa shape index (κ2) is 6.77. The molecule has 0 heterocycles. The van der Waals surface area contributed by atoms with Crippen molar-refractivity contribution in [2.45, 2.75) is 26.7 Å². The van der Waals surface area contributed by atoms with Crippen LogP contribution in [-0.2, 0) is 0 Å². The van der Waals surface area contributed by atoms with Crippen LogP contribution in [0.25, 0.3) is 0 Å². The monoisotopic (exact) mass is 292 g/mol. The molecular formula is C13H18Cl2OS. The highest BCUT2D eigenvalue weighted by atomic mass is 35.5. The minimum absolute atomic E-state index is 0.123. The molecule has 0 bridgehead atoms. The predicted octanol–water partition coefficient (Wildman–Crippen LogP) is 5.11. The number of thiol groups is 1. The Kier molecular flexibility index (Phi) is 5.98. The van der Waals surface area contributed by atoms with Crippen LogP contribution in [0.1, 0.15) is 26.7 Å². The Hall–Kier alpha value is -0.0500. The molecule has 4 heteroatoms. The highest BCUT2D eigenvalue weighted by Gasteiger charge is 2.25. The maximum absolute atomic E-state index is 5.92. The van der Waals surface area contributed by atoms with Gasteiger partial charge in [0.15, 0.2) is 0 Å². The van der Waals surface area contributed by atoms with Crippen molar-refractivity contribution in [2.75, 3.05) is 12.4 Å². The van der Waals surface area contributed by atoms with Gasteiger partial charge in [0.2, 0.25) is 0 Å². The Morgan fingerprint density at radius 2 is 1.65 bits per heavy atom. The molecule has 0 fully saturated rings. The fourth-order valence-corrected chi connectivity index (χ4v) is 2.62. The average molecular weight is 293 g/mol. The van der Waals surface area contributed by atoms with E-state index in [1.165, 1.54) is 0 Å². The summed E-state index contributed by atoms with van der Waals surface area (Å²) in [6, 6.07) is 5.26. The lowest BCUT2D eigenvalue weighted by molar-refractivity contribution is 0.157. The van der Waals surface area contributed by atoms with Gasteiger partial charge < -0.3 is 4.74 Å². The van der Waals surface area contributed by atoms with Crippen molar-refractivity contribution < 1.29 is 4.74 Å². The fraction of sp³-hybridized carbons (Fsp3) is 0.538. The zero-order valence-corrected chi connectivity index (χ0v) is 12.6. The Bertz CT molecular complexity index is 336. The van der Waals surface area contributed by atoms with Crippen molar-refractivity contribution in [3.05, 3.63) is 28.2 Å². The summed E-state index contributed by atoms with van der Waals surface area (Å²) in [6.07, 6.45) is 2.09. The number of hydrogen-bond donors (Lipinski definition) is 1. The highest BCUT2D eigenvalue weighted by molar-refractivity contribution is 7.80. The average Bonchev–Trinajstić information content (AvgIpc) is 2.30. The van der Waals surface area contributed by atoms with E-state index < -0.39 is 0 Å². The zero-order valence-electron chi connectivity index (χ0n) is 10.2. The van der Waals surface area contributed by atoms with E-state index in [0.29, 0.717) is 16.7 Å². The molecule has 0 radical (unpaired) electrons. The molecule has 1 nitrogen and oxygen atoms in total. The number of ether oxygens (including phenoxy) is 1. The first-order valence-corrected chi connectivity index (χ1v) is 7.14. The summed E-state index contributed by atoms with van der Waals surface area (Å²) in [4.78, 5) is 0. The quantitative estimate of drug-likeness (QED) is 0.717. The maximum atomic E-state index is 5.92. The van der Waals surface area contributed by atoms with E-state index in [4.69, 9.17) is 27.9 Å². The van der Waals surface area contributed by atoms with E-state index >= 15 is 0 Å². The minimum atomic E-state index is 0.123.